The van der Waals surface area contributed by atoms with E-state index in [1.54, 1.807) is 0 Å². The van der Waals surface area contributed by atoms with Crippen molar-refractivity contribution in [3.8, 4) is 0 Å². The standard InChI is InChI=1S/C28H44N4O3.H2/c1-6-35-27(34)31-15-11-22(12-16-31)30-17-13-28(14-18-30)19-25(23-9-7-8-10-24(23)28)29-26(33)32(20(2)3)21(4)5;/h7-10,20-22,25H,6,11-19H2,1-5H3,(H,29,33);1H/t25-;/m0./s1. The predicted molar refractivity (Wildman–Crippen MR) is 141 cm³/mol. The normalized spacial score (nSPS) is 22.5. The number of hydrogen-bond donors (Lipinski definition) is 1. The van der Waals surface area contributed by atoms with Gasteiger partial charge in [0.05, 0.1) is 12.6 Å². The lowest BCUT2D eigenvalue weighted by Crippen LogP contribution is -2.51. The van der Waals surface area contributed by atoms with Crippen molar-refractivity contribution >= 4 is 12.1 Å². The number of carbonyl (C=O) groups excluding carboxylic acids is 2. The summed E-state index contributed by atoms with van der Waals surface area (Å²) in [4.78, 5) is 31.7. The largest absolute Gasteiger partial charge is 0.450 e. The van der Waals surface area contributed by atoms with Gasteiger partial charge >= 0.3 is 12.1 Å². The number of likely N-dealkylation sites (tertiary alicyclic amines) is 2. The molecule has 0 aromatic heterocycles. The topological polar surface area (TPSA) is 65.1 Å². The maximum absolute atomic E-state index is 13.2. The number of hydrogen-bond acceptors (Lipinski definition) is 4. The van der Waals surface area contributed by atoms with Gasteiger partial charge in [0.15, 0.2) is 0 Å². The number of nitrogens with one attached hydrogen (secondary N) is 1. The first-order chi connectivity index (χ1) is 16.8. The van der Waals surface area contributed by atoms with Crippen LogP contribution in [0.2, 0.25) is 0 Å². The average molecular weight is 487 g/mol. The summed E-state index contributed by atoms with van der Waals surface area (Å²) in [6.45, 7) is 14.3. The molecular formula is C28H46N4O3. The number of piperidine rings is 2. The molecule has 0 radical (unpaired) electrons. The van der Waals surface area contributed by atoms with Crippen LogP contribution in [0.5, 0.6) is 0 Å². The van der Waals surface area contributed by atoms with Crippen molar-refractivity contribution in [2.45, 2.75) is 96.3 Å². The summed E-state index contributed by atoms with van der Waals surface area (Å²) in [5.41, 5.74) is 2.86. The molecule has 2 heterocycles. The summed E-state index contributed by atoms with van der Waals surface area (Å²) < 4.78 is 5.18. The van der Waals surface area contributed by atoms with Gasteiger partial charge in [0.1, 0.15) is 0 Å². The molecule has 1 atom stereocenters. The maximum atomic E-state index is 13.2. The van der Waals surface area contributed by atoms with E-state index in [1.807, 2.05) is 16.7 Å². The van der Waals surface area contributed by atoms with Crippen molar-refractivity contribution in [3.63, 3.8) is 0 Å². The summed E-state index contributed by atoms with van der Waals surface area (Å²) in [5.74, 6) is 0. The molecule has 3 aliphatic rings. The smallest absolute Gasteiger partial charge is 0.409 e. The Morgan fingerprint density at radius 3 is 2.31 bits per heavy atom. The van der Waals surface area contributed by atoms with Crippen molar-refractivity contribution in [2.75, 3.05) is 32.8 Å². The minimum atomic E-state index is -0.173. The molecule has 7 nitrogen and oxygen atoms in total. The third-order valence-corrected chi connectivity index (χ3v) is 8.41. The number of rotatable bonds is 5. The zero-order valence-corrected chi connectivity index (χ0v) is 22.3. The lowest BCUT2D eigenvalue weighted by Gasteiger charge is -2.45. The van der Waals surface area contributed by atoms with Crippen molar-refractivity contribution in [3.05, 3.63) is 35.4 Å². The molecule has 2 aliphatic heterocycles. The summed E-state index contributed by atoms with van der Waals surface area (Å²) >= 11 is 0. The Bertz CT molecular complexity index is 885. The van der Waals surface area contributed by atoms with E-state index in [-0.39, 0.29) is 37.1 Å². The molecule has 2 saturated heterocycles. The highest BCUT2D eigenvalue weighted by atomic mass is 16.6. The molecule has 1 aliphatic carbocycles. The maximum Gasteiger partial charge on any atom is 0.409 e. The Hall–Kier alpha value is -2.28. The van der Waals surface area contributed by atoms with E-state index >= 15 is 0 Å². The van der Waals surface area contributed by atoms with Crippen LogP contribution in [0.3, 0.4) is 0 Å². The fourth-order valence-corrected chi connectivity index (χ4v) is 6.73. The molecule has 196 valence electrons. The molecule has 2 fully saturated rings. The lowest BCUT2D eigenvalue weighted by atomic mass is 9.73. The average Bonchev–Trinajstić information content (AvgIpc) is 3.12. The number of ether oxygens (including phenoxy) is 1. The van der Waals surface area contributed by atoms with Gasteiger partial charge in [-0.3, -0.25) is 0 Å². The molecule has 1 aromatic rings. The van der Waals surface area contributed by atoms with Crippen LogP contribution in [-0.2, 0) is 10.2 Å². The van der Waals surface area contributed by atoms with E-state index in [2.05, 4.69) is 62.2 Å². The first-order valence-electron chi connectivity index (χ1n) is 13.6. The number of fused-ring (bicyclic) bond motifs is 2. The van der Waals surface area contributed by atoms with E-state index in [1.165, 1.54) is 11.1 Å². The van der Waals surface area contributed by atoms with Crippen LogP contribution in [0.25, 0.3) is 0 Å². The molecule has 0 unspecified atom stereocenters. The monoisotopic (exact) mass is 486 g/mol. The third-order valence-electron chi connectivity index (χ3n) is 8.41. The molecule has 1 N–H and O–H groups in total. The minimum Gasteiger partial charge on any atom is -0.450 e. The quantitative estimate of drug-likeness (QED) is 0.624. The Labute approximate surface area is 212 Å². The van der Waals surface area contributed by atoms with E-state index in [9.17, 15) is 9.59 Å². The molecule has 0 bridgehead atoms. The fraction of sp³-hybridized carbons (Fsp3) is 0.714. The van der Waals surface area contributed by atoms with Crippen LogP contribution >= 0.6 is 0 Å². The number of urea groups is 1. The fourth-order valence-electron chi connectivity index (χ4n) is 6.73. The van der Waals surface area contributed by atoms with E-state index in [0.717, 1.165) is 58.3 Å². The van der Waals surface area contributed by atoms with Crippen LogP contribution < -0.4 is 5.32 Å². The Morgan fingerprint density at radius 1 is 1.09 bits per heavy atom. The zero-order chi connectivity index (χ0) is 25.2. The number of nitrogens with zero attached hydrogens (tertiary/aromatic N) is 3. The summed E-state index contributed by atoms with van der Waals surface area (Å²) in [6.07, 6.45) is 5.08. The van der Waals surface area contributed by atoms with E-state index < -0.39 is 0 Å². The van der Waals surface area contributed by atoms with Gasteiger partial charge < -0.3 is 24.8 Å². The second-order valence-corrected chi connectivity index (χ2v) is 11.1. The van der Waals surface area contributed by atoms with Gasteiger partial charge in [0.25, 0.3) is 0 Å². The van der Waals surface area contributed by atoms with Gasteiger partial charge in [-0.1, -0.05) is 24.3 Å². The molecular weight excluding hydrogens is 440 g/mol. The highest BCUT2D eigenvalue weighted by Gasteiger charge is 2.47. The van der Waals surface area contributed by atoms with Gasteiger partial charge in [-0.25, -0.2) is 9.59 Å². The number of carbonyl (C=O) groups is 2. The second-order valence-electron chi connectivity index (χ2n) is 11.1. The lowest BCUT2D eigenvalue weighted by molar-refractivity contribution is 0.0553. The second kappa shape index (κ2) is 10.8. The third kappa shape index (κ3) is 5.30. The van der Waals surface area contributed by atoms with Crippen LogP contribution in [0.4, 0.5) is 9.59 Å². The minimum absolute atomic E-state index is 0. The van der Waals surface area contributed by atoms with Crippen LogP contribution in [-0.4, -0.2) is 77.7 Å². The first-order valence-corrected chi connectivity index (χ1v) is 13.6. The molecule has 1 aromatic carbocycles. The van der Waals surface area contributed by atoms with E-state index in [0.29, 0.717) is 12.6 Å². The zero-order valence-electron chi connectivity index (χ0n) is 22.3. The van der Waals surface area contributed by atoms with E-state index in [4.69, 9.17) is 4.74 Å². The number of benzene rings is 1. The Morgan fingerprint density at radius 2 is 1.71 bits per heavy atom. The van der Waals surface area contributed by atoms with Crippen LogP contribution in [0.15, 0.2) is 24.3 Å². The van der Waals surface area contributed by atoms with Gasteiger partial charge in [-0.15, -0.1) is 0 Å². The van der Waals surface area contributed by atoms with Crippen molar-refractivity contribution in [1.29, 1.82) is 0 Å². The summed E-state index contributed by atoms with van der Waals surface area (Å²) in [6, 6.07) is 9.73. The molecule has 35 heavy (non-hydrogen) atoms. The highest BCUT2D eigenvalue weighted by Crippen LogP contribution is 2.51. The first kappa shape index (κ1) is 25.8. The Kier molecular flexibility index (Phi) is 7.94. The Balaban J connectivity index is 0.00000361. The molecule has 1 spiro atoms. The SMILES string of the molecule is CCOC(=O)N1CCC(N2CCC3(CC2)C[C@H](NC(=O)N(C(C)C)C(C)C)c2ccccc23)CC1.[HH]. The molecule has 3 amide bonds. The van der Waals surface area contributed by atoms with Crippen LogP contribution in [0, 0.1) is 0 Å². The van der Waals surface area contributed by atoms with Gasteiger partial charge in [-0.2, -0.15) is 0 Å². The molecule has 7 heteroatoms. The van der Waals surface area contributed by atoms with Crippen molar-refractivity contribution in [1.82, 2.24) is 20.0 Å². The van der Waals surface area contributed by atoms with Crippen LogP contribution in [0.1, 0.15) is 85.3 Å². The van der Waals surface area contributed by atoms with Gasteiger partial charge in [0.2, 0.25) is 0 Å². The highest BCUT2D eigenvalue weighted by molar-refractivity contribution is 5.75. The predicted octanol–water partition coefficient (Wildman–Crippen LogP) is 5.16. The van der Waals surface area contributed by atoms with Gasteiger partial charge in [-0.05, 0) is 90.9 Å². The summed E-state index contributed by atoms with van der Waals surface area (Å²) in [5, 5.41) is 3.39. The van der Waals surface area contributed by atoms with Crippen molar-refractivity contribution < 1.29 is 15.8 Å². The number of amides is 3. The van der Waals surface area contributed by atoms with Crippen molar-refractivity contribution in [2.24, 2.45) is 0 Å². The molecule has 0 saturated carbocycles. The van der Waals surface area contributed by atoms with Gasteiger partial charge in [0, 0.05) is 38.1 Å². The summed E-state index contributed by atoms with van der Waals surface area (Å²) in [7, 11) is 0. The molecule has 4 rings (SSSR count).